The molecular formula is C12H7Cl2N3OS. The van der Waals surface area contributed by atoms with Crippen molar-refractivity contribution in [3.05, 3.63) is 38.9 Å². The Hall–Kier alpha value is -1.43. The molecule has 0 aliphatic rings. The highest BCUT2D eigenvalue weighted by Gasteiger charge is 2.17. The van der Waals surface area contributed by atoms with E-state index < -0.39 is 0 Å². The summed E-state index contributed by atoms with van der Waals surface area (Å²) in [4.78, 5) is 16.4. The first-order valence-electron chi connectivity index (χ1n) is 5.37. The fraction of sp³-hybridized carbons (Fsp3) is 0.0833. The molecule has 0 atom stereocenters. The van der Waals surface area contributed by atoms with Crippen molar-refractivity contribution in [2.75, 3.05) is 0 Å². The van der Waals surface area contributed by atoms with Crippen molar-refractivity contribution < 1.29 is 4.79 Å². The molecule has 0 aliphatic carbocycles. The van der Waals surface area contributed by atoms with Gasteiger partial charge < -0.3 is 0 Å². The summed E-state index contributed by atoms with van der Waals surface area (Å²) in [5, 5.41) is 6.00. The lowest BCUT2D eigenvalue weighted by Crippen LogP contribution is -1.94. The minimum Gasteiger partial charge on any atom is -0.296 e. The van der Waals surface area contributed by atoms with Gasteiger partial charge in [-0.05, 0) is 19.1 Å². The number of hydrogen-bond acceptors (Lipinski definition) is 4. The second-order valence-corrected chi connectivity index (χ2v) is 5.88. The smallest absolute Gasteiger partial charge is 0.213 e. The van der Waals surface area contributed by atoms with E-state index in [9.17, 15) is 4.79 Å². The van der Waals surface area contributed by atoms with Crippen LogP contribution >= 0.6 is 34.5 Å². The molecule has 0 spiro atoms. The number of aromatic nitrogens is 3. The number of carbonyl (C=O) groups excluding carboxylic acids is 1. The number of imidazole rings is 1. The number of aryl methyl sites for hydroxylation is 1. The summed E-state index contributed by atoms with van der Waals surface area (Å²) < 4.78 is 1.55. The number of nitrogens with zero attached hydrogens (tertiary/aromatic N) is 3. The van der Waals surface area contributed by atoms with Gasteiger partial charge in [-0.3, -0.25) is 4.79 Å². The van der Waals surface area contributed by atoms with Gasteiger partial charge in [-0.25, -0.2) is 4.98 Å². The summed E-state index contributed by atoms with van der Waals surface area (Å²) in [6.07, 6.45) is 0.747. The van der Waals surface area contributed by atoms with Crippen molar-refractivity contribution in [2.45, 2.75) is 6.92 Å². The van der Waals surface area contributed by atoms with Gasteiger partial charge in [0.25, 0.3) is 0 Å². The molecule has 0 amide bonds. The van der Waals surface area contributed by atoms with Crippen LogP contribution in [0.4, 0.5) is 0 Å². The second-order valence-electron chi connectivity index (χ2n) is 3.91. The summed E-state index contributed by atoms with van der Waals surface area (Å²) >= 11 is 13.3. The monoisotopic (exact) mass is 311 g/mol. The maximum Gasteiger partial charge on any atom is 0.213 e. The van der Waals surface area contributed by atoms with E-state index in [1.807, 2.05) is 6.92 Å². The highest BCUT2D eigenvalue weighted by Crippen LogP contribution is 2.30. The lowest BCUT2D eigenvalue weighted by atomic mass is 10.1. The molecule has 3 aromatic rings. The van der Waals surface area contributed by atoms with Crippen LogP contribution < -0.4 is 0 Å². The Morgan fingerprint density at radius 1 is 1.32 bits per heavy atom. The van der Waals surface area contributed by atoms with Gasteiger partial charge in [0.2, 0.25) is 4.96 Å². The summed E-state index contributed by atoms with van der Waals surface area (Å²) in [5.41, 5.74) is 1.72. The standard InChI is InChI=1S/C12H7Cl2N3OS/c1-6-16-17-10(5-18)11(15-12(17)19-6)7-2-3-8(13)9(14)4-7/h2-5H,1H3. The Morgan fingerprint density at radius 2 is 2.11 bits per heavy atom. The normalized spacial score (nSPS) is 11.1. The van der Waals surface area contributed by atoms with E-state index in [2.05, 4.69) is 10.1 Å². The second kappa shape index (κ2) is 4.59. The number of benzene rings is 1. The largest absolute Gasteiger partial charge is 0.296 e. The number of halogens is 2. The maximum absolute atomic E-state index is 11.3. The average molecular weight is 312 g/mol. The summed E-state index contributed by atoms with van der Waals surface area (Å²) in [5.74, 6) is 0. The fourth-order valence-corrected chi connectivity index (χ4v) is 2.87. The van der Waals surface area contributed by atoms with Crippen molar-refractivity contribution in [3.8, 4) is 11.3 Å². The third-order valence-electron chi connectivity index (χ3n) is 2.64. The number of fused-ring (bicyclic) bond motifs is 1. The van der Waals surface area contributed by atoms with E-state index in [0.717, 1.165) is 16.9 Å². The average Bonchev–Trinajstić information content (AvgIpc) is 2.88. The van der Waals surface area contributed by atoms with E-state index in [1.54, 1.807) is 22.7 Å². The zero-order valence-corrected chi connectivity index (χ0v) is 12.1. The molecule has 3 rings (SSSR count). The zero-order chi connectivity index (χ0) is 13.6. The number of rotatable bonds is 2. The van der Waals surface area contributed by atoms with E-state index in [4.69, 9.17) is 23.2 Å². The molecular weight excluding hydrogens is 305 g/mol. The van der Waals surface area contributed by atoms with Crippen LogP contribution in [-0.4, -0.2) is 20.9 Å². The third-order valence-corrected chi connectivity index (χ3v) is 4.21. The molecule has 0 aliphatic heterocycles. The van der Waals surface area contributed by atoms with Crippen LogP contribution in [0.1, 0.15) is 15.5 Å². The molecule has 0 saturated heterocycles. The maximum atomic E-state index is 11.3. The van der Waals surface area contributed by atoms with Crippen LogP contribution in [0, 0.1) is 6.92 Å². The van der Waals surface area contributed by atoms with E-state index in [0.29, 0.717) is 26.4 Å². The fourth-order valence-electron chi connectivity index (χ4n) is 1.82. The Kier molecular flexibility index (Phi) is 3.05. The van der Waals surface area contributed by atoms with Gasteiger partial charge >= 0.3 is 0 Å². The quantitative estimate of drug-likeness (QED) is 0.675. The summed E-state index contributed by atoms with van der Waals surface area (Å²) in [7, 11) is 0. The minimum atomic E-state index is 0.415. The highest BCUT2D eigenvalue weighted by atomic mass is 35.5. The predicted molar refractivity (Wildman–Crippen MR) is 76.4 cm³/mol. The van der Waals surface area contributed by atoms with Crippen LogP contribution in [0.3, 0.4) is 0 Å². The predicted octanol–water partition coefficient (Wildman–Crippen LogP) is 3.89. The first-order valence-corrected chi connectivity index (χ1v) is 6.94. The highest BCUT2D eigenvalue weighted by molar-refractivity contribution is 7.16. The lowest BCUT2D eigenvalue weighted by molar-refractivity contribution is 0.111. The van der Waals surface area contributed by atoms with E-state index in [-0.39, 0.29) is 0 Å². The molecule has 96 valence electrons. The minimum absolute atomic E-state index is 0.415. The molecule has 4 nitrogen and oxygen atoms in total. The van der Waals surface area contributed by atoms with Crippen LogP contribution in [0.5, 0.6) is 0 Å². The molecule has 0 N–H and O–H groups in total. The first kappa shape index (κ1) is 12.6. The Morgan fingerprint density at radius 3 is 2.79 bits per heavy atom. The summed E-state index contributed by atoms with van der Waals surface area (Å²) in [6, 6.07) is 5.15. The molecule has 2 heterocycles. The number of aldehydes is 1. The van der Waals surface area contributed by atoms with Gasteiger partial charge in [0.05, 0.1) is 10.0 Å². The molecule has 0 fully saturated rings. The van der Waals surface area contributed by atoms with E-state index >= 15 is 0 Å². The third kappa shape index (κ3) is 2.04. The Labute approximate surface area is 122 Å². The van der Waals surface area contributed by atoms with Crippen molar-refractivity contribution in [3.63, 3.8) is 0 Å². The van der Waals surface area contributed by atoms with E-state index in [1.165, 1.54) is 11.3 Å². The molecule has 2 aromatic heterocycles. The Bertz CT molecular complexity index is 794. The van der Waals surface area contributed by atoms with Gasteiger partial charge in [0.15, 0.2) is 6.29 Å². The first-order chi connectivity index (χ1) is 9.10. The van der Waals surface area contributed by atoms with Gasteiger partial charge in [-0.1, -0.05) is 40.6 Å². The van der Waals surface area contributed by atoms with Gasteiger partial charge in [-0.2, -0.15) is 9.61 Å². The van der Waals surface area contributed by atoms with Crippen molar-refractivity contribution in [1.29, 1.82) is 0 Å². The molecule has 0 saturated carbocycles. The van der Waals surface area contributed by atoms with Gasteiger partial charge in [0.1, 0.15) is 16.4 Å². The SMILES string of the molecule is Cc1nn2c(C=O)c(-c3ccc(Cl)c(Cl)c3)nc2s1. The zero-order valence-electron chi connectivity index (χ0n) is 9.72. The van der Waals surface area contributed by atoms with Crippen LogP contribution in [0.2, 0.25) is 10.0 Å². The number of hydrogen-bond donors (Lipinski definition) is 0. The van der Waals surface area contributed by atoms with Crippen LogP contribution in [-0.2, 0) is 0 Å². The van der Waals surface area contributed by atoms with Crippen molar-refractivity contribution in [2.24, 2.45) is 0 Å². The molecule has 19 heavy (non-hydrogen) atoms. The van der Waals surface area contributed by atoms with Crippen molar-refractivity contribution >= 4 is 45.8 Å². The molecule has 7 heteroatoms. The van der Waals surface area contributed by atoms with Crippen molar-refractivity contribution in [1.82, 2.24) is 14.6 Å². The molecule has 1 aromatic carbocycles. The Balaban J connectivity index is 2.26. The topological polar surface area (TPSA) is 47.3 Å². The lowest BCUT2D eigenvalue weighted by Gasteiger charge is -2.00. The number of carbonyl (C=O) groups is 1. The van der Waals surface area contributed by atoms with Crippen LogP contribution in [0.25, 0.3) is 16.2 Å². The van der Waals surface area contributed by atoms with Gasteiger partial charge in [0, 0.05) is 5.56 Å². The molecule has 0 unspecified atom stereocenters. The molecule has 0 radical (unpaired) electrons. The summed E-state index contributed by atoms with van der Waals surface area (Å²) in [6.45, 7) is 1.87. The molecule has 0 bridgehead atoms. The van der Waals surface area contributed by atoms with Gasteiger partial charge in [-0.15, -0.1) is 0 Å². The van der Waals surface area contributed by atoms with Crippen LogP contribution in [0.15, 0.2) is 18.2 Å².